The molecule has 1 aromatic heterocycles. The number of nitrogens with one attached hydrogen (secondary N) is 1. The van der Waals surface area contributed by atoms with Gasteiger partial charge in [-0.1, -0.05) is 41.4 Å². The lowest BCUT2D eigenvalue weighted by atomic mass is 10.2. The third-order valence-electron chi connectivity index (χ3n) is 2.16. The third-order valence-corrected chi connectivity index (χ3v) is 2.79. The Labute approximate surface area is 114 Å². The highest BCUT2D eigenvalue weighted by Gasteiger charge is 2.07. The minimum Gasteiger partial charge on any atom is -0.472 e. The first kappa shape index (κ1) is 12.9. The fourth-order valence-corrected chi connectivity index (χ4v) is 1.62. The lowest BCUT2D eigenvalue weighted by Crippen LogP contribution is -2.11. The van der Waals surface area contributed by atoms with Gasteiger partial charge in [-0.2, -0.15) is 4.98 Å². The van der Waals surface area contributed by atoms with Crippen molar-refractivity contribution in [3.8, 4) is 5.88 Å². The molecule has 0 fully saturated rings. The van der Waals surface area contributed by atoms with E-state index in [4.69, 9.17) is 33.8 Å². The van der Waals surface area contributed by atoms with Crippen molar-refractivity contribution in [3.05, 3.63) is 46.1 Å². The van der Waals surface area contributed by atoms with Crippen LogP contribution in [0.2, 0.25) is 10.0 Å². The van der Waals surface area contributed by atoms with Crippen LogP contribution in [-0.4, -0.2) is 9.97 Å². The second-order valence-electron chi connectivity index (χ2n) is 3.37. The molecule has 1 aromatic carbocycles. The Morgan fingerprint density at radius 2 is 2.00 bits per heavy atom. The average Bonchev–Trinajstić information content (AvgIpc) is 2.39. The van der Waals surface area contributed by atoms with E-state index in [2.05, 4.69) is 15.4 Å². The van der Waals surface area contributed by atoms with Gasteiger partial charge in [-0.15, -0.1) is 0 Å². The van der Waals surface area contributed by atoms with Gasteiger partial charge in [0.2, 0.25) is 11.8 Å². The Morgan fingerprint density at radius 3 is 2.72 bits per heavy atom. The minimum absolute atomic E-state index is 0.230. The molecule has 0 radical (unpaired) electrons. The van der Waals surface area contributed by atoms with Gasteiger partial charge in [0, 0.05) is 10.6 Å². The van der Waals surface area contributed by atoms with Crippen molar-refractivity contribution in [1.82, 2.24) is 9.97 Å². The summed E-state index contributed by atoms with van der Waals surface area (Å²) in [5.41, 5.74) is 3.16. The molecule has 3 N–H and O–H groups in total. The Morgan fingerprint density at radius 1 is 1.22 bits per heavy atom. The summed E-state index contributed by atoms with van der Waals surface area (Å²) in [6.45, 7) is 0.264. The number of hydrogen-bond acceptors (Lipinski definition) is 5. The van der Waals surface area contributed by atoms with E-state index in [1.807, 2.05) is 18.2 Å². The van der Waals surface area contributed by atoms with Crippen molar-refractivity contribution in [2.75, 3.05) is 5.43 Å². The fraction of sp³-hybridized carbons (Fsp3) is 0.0909. The molecule has 0 bridgehead atoms. The zero-order valence-electron chi connectivity index (χ0n) is 9.23. The smallest absolute Gasteiger partial charge is 0.240 e. The summed E-state index contributed by atoms with van der Waals surface area (Å²) in [7, 11) is 0. The first-order valence-corrected chi connectivity index (χ1v) is 5.81. The van der Waals surface area contributed by atoms with Crippen molar-refractivity contribution in [3.63, 3.8) is 0 Å². The van der Waals surface area contributed by atoms with Crippen molar-refractivity contribution in [2.24, 2.45) is 5.84 Å². The molecule has 7 heteroatoms. The Kier molecular flexibility index (Phi) is 4.19. The second kappa shape index (κ2) is 5.86. The molecule has 0 aliphatic heterocycles. The highest BCUT2D eigenvalue weighted by atomic mass is 35.5. The normalized spacial score (nSPS) is 10.2. The molecule has 2 aromatic rings. The van der Waals surface area contributed by atoms with Gasteiger partial charge in [0.25, 0.3) is 0 Å². The molecule has 0 saturated carbocycles. The van der Waals surface area contributed by atoms with E-state index >= 15 is 0 Å². The average molecular weight is 285 g/mol. The van der Waals surface area contributed by atoms with Crippen LogP contribution >= 0.6 is 23.2 Å². The zero-order chi connectivity index (χ0) is 13.0. The quantitative estimate of drug-likeness (QED) is 0.667. The maximum Gasteiger partial charge on any atom is 0.240 e. The van der Waals surface area contributed by atoms with Crippen LogP contribution < -0.4 is 16.0 Å². The molecule has 18 heavy (non-hydrogen) atoms. The van der Waals surface area contributed by atoms with Crippen LogP contribution in [-0.2, 0) is 6.61 Å². The molecular weight excluding hydrogens is 275 g/mol. The molecule has 5 nitrogen and oxygen atoms in total. The summed E-state index contributed by atoms with van der Waals surface area (Å²) < 4.78 is 5.48. The molecule has 0 saturated heterocycles. The number of hydrogen-bond donors (Lipinski definition) is 2. The van der Waals surface area contributed by atoms with Gasteiger partial charge in [-0.3, -0.25) is 5.43 Å². The highest BCUT2D eigenvalue weighted by molar-refractivity contribution is 6.32. The zero-order valence-corrected chi connectivity index (χ0v) is 10.7. The number of halogens is 2. The molecule has 2 rings (SSSR count). The maximum atomic E-state index is 6.01. The summed E-state index contributed by atoms with van der Waals surface area (Å²) in [5, 5.41) is 0.931. The summed E-state index contributed by atoms with van der Waals surface area (Å²) in [6.07, 6.45) is 1.41. The molecule has 0 amide bonds. The van der Waals surface area contributed by atoms with E-state index in [1.165, 1.54) is 6.20 Å². The number of aromatic nitrogens is 2. The molecule has 0 aliphatic rings. The maximum absolute atomic E-state index is 6.01. The highest BCUT2D eigenvalue weighted by Crippen LogP contribution is 2.24. The number of ether oxygens (including phenoxy) is 1. The van der Waals surface area contributed by atoms with E-state index in [0.29, 0.717) is 10.0 Å². The number of nitrogens with zero attached hydrogens (tertiary/aromatic N) is 2. The number of benzene rings is 1. The monoisotopic (exact) mass is 284 g/mol. The van der Waals surface area contributed by atoms with Crippen LogP contribution in [0.1, 0.15) is 5.56 Å². The Bertz CT molecular complexity index is 550. The SMILES string of the molecule is NNc1ncc(Cl)c(OCc2ccccc2Cl)n1. The predicted octanol–water partition coefficient (Wildman–Crippen LogP) is 2.65. The third kappa shape index (κ3) is 3.01. The second-order valence-corrected chi connectivity index (χ2v) is 4.19. The standard InChI is InChI=1S/C11H10Cl2N4O/c12-8-4-2-1-3-7(8)6-18-10-9(13)5-15-11(16-10)17-14/h1-5H,6,14H2,(H,15,16,17). The largest absolute Gasteiger partial charge is 0.472 e. The van der Waals surface area contributed by atoms with Gasteiger partial charge in [-0.25, -0.2) is 10.8 Å². The van der Waals surface area contributed by atoms with Crippen LogP contribution in [0, 0.1) is 0 Å². The molecule has 0 spiro atoms. The summed E-state index contributed by atoms with van der Waals surface area (Å²) >= 11 is 11.9. The van der Waals surface area contributed by atoms with Crippen LogP contribution in [0.15, 0.2) is 30.5 Å². The van der Waals surface area contributed by atoms with Crippen LogP contribution in [0.3, 0.4) is 0 Å². The summed E-state index contributed by atoms with van der Waals surface area (Å²) in [4.78, 5) is 7.84. The van der Waals surface area contributed by atoms with Crippen molar-refractivity contribution in [1.29, 1.82) is 0 Å². The van der Waals surface area contributed by atoms with Gasteiger partial charge in [0.1, 0.15) is 11.6 Å². The van der Waals surface area contributed by atoms with Gasteiger partial charge >= 0.3 is 0 Å². The first-order valence-electron chi connectivity index (χ1n) is 5.06. The van der Waals surface area contributed by atoms with E-state index in [-0.39, 0.29) is 18.4 Å². The van der Waals surface area contributed by atoms with Crippen molar-refractivity contribution in [2.45, 2.75) is 6.61 Å². The minimum atomic E-state index is 0.230. The topological polar surface area (TPSA) is 73.1 Å². The Balaban J connectivity index is 2.13. The van der Waals surface area contributed by atoms with Gasteiger partial charge in [0.15, 0.2) is 0 Å². The van der Waals surface area contributed by atoms with Gasteiger partial charge in [0.05, 0.1) is 6.20 Å². The lowest BCUT2D eigenvalue weighted by molar-refractivity contribution is 0.294. The van der Waals surface area contributed by atoms with E-state index in [1.54, 1.807) is 6.07 Å². The number of rotatable bonds is 4. The predicted molar refractivity (Wildman–Crippen MR) is 70.6 cm³/mol. The van der Waals surface area contributed by atoms with Crippen molar-refractivity contribution < 1.29 is 4.74 Å². The number of anilines is 1. The van der Waals surface area contributed by atoms with Crippen molar-refractivity contribution >= 4 is 29.2 Å². The Hall–Kier alpha value is -1.56. The van der Waals surface area contributed by atoms with E-state index in [0.717, 1.165) is 5.56 Å². The summed E-state index contributed by atoms with van der Waals surface area (Å²) in [6, 6.07) is 7.37. The molecule has 0 unspecified atom stereocenters. The molecular formula is C11H10Cl2N4O. The van der Waals surface area contributed by atoms with E-state index < -0.39 is 0 Å². The van der Waals surface area contributed by atoms with E-state index in [9.17, 15) is 0 Å². The summed E-state index contributed by atoms with van der Waals surface area (Å²) in [5.74, 6) is 5.69. The molecule has 0 aliphatic carbocycles. The number of nitrogen functional groups attached to an aromatic ring is 1. The van der Waals surface area contributed by atoms with Gasteiger partial charge < -0.3 is 4.74 Å². The lowest BCUT2D eigenvalue weighted by Gasteiger charge is -2.08. The van der Waals surface area contributed by atoms with Gasteiger partial charge in [-0.05, 0) is 6.07 Å². The molecule has 94 valence electrons. The molecule has 1 heterocycles. The van der Waals surface area contributed by atoms with Crippen LogP contribution in [0.5, 0.6) is 5.88 Å². The fourth-order valence-electron chi connectivity index (χ4n) is 1.28. The number of nitrogens with two attached hydrogens (primary N) is 1. The molecule has 0 atom stereocenters. The van der Waals surface area contributed by atoms with Crippen LogP contribution in [0.25, 0.3) is 0 Å². The van der Waals surface area contributed by atoms with Crippen LogP contribution in [0.4, 0.5) is 5.95 Å². The number of hydrazine groups is 1. The first-order chi connectivity index (χ1) is 8.70.